The summed E-state index contributed by atoms with van der Waals surface area (Å²) < 4.78 is 2.27. The van der Waals surface area contributed by atoms with Crippen LogP contribution in [0.2, 0.25) is 5.02 Å². The van der Waals surface area contributed by atoms with Gasteiger partial charge in [-0.05, 0) is 48.7 Å². The normalized spacial score (nSPS) is 12.7. The Bertz CT molecular complexity index is 808. The van der Waals surface area contributed by atoms with E-state index in [1.165, 1.54) is 26.4 Å². The fraction of sp³-hybridized carbons (Fsp3) is 0.263. The van der Waals surface area contributed by atoms with Gasteiger partial charge in [0.25, 0.3) is 0 Å². The van der Waals surface area contributed by atoms with E-state index in [0.717, 1.165) is 17.9 Å². The molecule has 1 aromatic heterocycles. The second kappa shape index (κ2) is 7.00. The van der Waals surface area contributed by atoms with Gasteiger partial charge in [-0.1, -0.05) is 48.5 Å². The molecule has 1 unspecified atom stereocenters. The van der Waals surface area contributed by atoms with Gasteiger partial charge in [-0.15, -0.1) is 0 Å². The number of nitrogens with two attached hydrogens (primary N) is 1. The molecule has 0 bridgehead atoms. The van der Waals surface area contributed by atoms with Gasteiger partial charge in [0.2, 0.25) is 0 Å². The maximum absolute atomic E-state index is 6.25. The van der Waals surface area contributed by atoms with Crippen molar-refractivity contribution in [2.75, 3.05) is 0 Å². The number of hydrogen-bond donors (Lipinski definition) is 1. The minimum absolute atomic E-state index is 0.186. The molecule has 0 fully saturated rings. The third-order valence-electron chi connectivity index (χ3n) is 4.17. The number of benzene rings is 2. The first-order valence-corrected chi connectivity index (χ1v) is 9.05. The number of para-hydroxylation sites is 1. The van der Waals surface area contributed by atoms with Crippen LogP contribution < -0.4 is 5.73 Å². The lowest BCUT2D eigenvalue weighted by Crippen LogP contribution is -2.21. The molecule has 0 amide bonds. The summed E-state index contributed by atoms with van der Waals surface area (Å²) in [7, 11) is 2.13. The molecular formula is C19H21ClN2S. The van der Waals surface area contributed by atoms with E-state index in [1.54, 1.807) is 11.8 Å². The highest BCUT2D eigenvalue weighted by Crippen LogP contribution is 2.37. The lowest BCUT2D eigenvalue weighted by Gasteiger charge is -2.11. The SMILES string of the molecule is CCC(N)Cc1c(Sc2ccc(Cl)cc2)n(C)c2ccccc12. The Morgan fingerprint density at radius 3 is 2.52 bits per heavy atom. The second-order valence-electron chi connectivity index (χ2n) is 5.79. The molecular weight excluding hydrogens is 324 g/mol. The minimum atomic E-state index is 0.186. The van der Waals surface area contributed by atoms with E-state index in [4.69, 9.17) is 17.3 Å². The maximum atomic E-state index is 6.25. The molecule has 1 heterocycles. The van der Waals surface area contributed by atoms with E-state index in [-0.39, 0.29) is 6.04 Å². The Morgan fingerprint density at radius 2 is 1.83 bits per heavy atom. The van der Waals surface area contributed by atoms with Crippen molar-refractivity contribution in [2.24, 2.45) is 12.8 Å². The molecule has 3 rings (SSSR count). The Kier molecular flexibility index (Phi) is 5.00. The summed E-state index contributed by atoms with van der Waals surface area (Å²) in [6, 6.07) is 16.7. The third-order valence-corrected chi connectivity index (χ3v) is 5.65. The first-order valence-electron chi connectivity index (χ1n) is 7.85. The van der Waals surface area contributed by atoms with E-state index in [1.807, 2.05) is 12.1 Å². The molecule has 120 valence electrons. The summed E-state index contributed by atoms with van der Waals surface area (Å²) in [6.07, 6.45) is 1.88. The van der Waals surface area contributed by atoms with Crippen LogP contribution >= 0.6 is 23.4 Å². The maximum Gasteiger partial charge on any atom is 0.0838 e. The van der Waals surface area contributed by atoms with Gasteiger partial charge in [0.15, 0.2) is 0 Å². The second-order valence-corrected chi connectivity index (χ2v) is 7.29. The molecule has 2 aromatic carbocycles. The fourth-order valence-electron chi connectivity index (χ4n) is 2.80. The summed E-state index contributed by atoms with van der Waals surface area (Å²) in [5.74, 6) is 0. The first kappa shape index (κ1) is 16.4. The predicted molar refractivity (Wildman–Crippen MR) is 100 cm³/mol. The molecule has 0 spiro atoms. The van der Waals surface area contributed by atoms with Crippen LogP contribution in [-0.2, 0) is 13.5 Å². The number of aromatic nitrogens is 1. The van der Waals surface area contributed by atoms with E-state index in [0.29, 0.717) is 0 Å². The van der Waals surface area contributed by atoms with Gasteiger partial charge < -0.3 is 10.3 Å². The van der Waals surface area contributed by atoms with Gasteiger partial charge in [0.1, 0.15) is 0 Å². The van der Waals surface area contributed by atoms with Crippen molar-refractivity contribution in [3.05, 3.63) is 59.1 Å². The van der Waals surface area contributed by atoms with Crippen LogP contribution in [0.25, 0.3) is 10.9 Å². The van der Waals surface area contributed by atoms with Crippen molar-refractivity contribution in [1.29, 1.82) is 0 Å². The zero-order valence-corrected chi connectivity index (χ0v) is 15.0. The average molecular weight is 345 g/mol. The van der Waals surface area contributed by atoms with Gasteiger partial charge >= 0.3 is 0 Å². The van der Waals surface area contributed by atoms with Crippen LogP contribution in [0.15, 0.2) is 58.5 Å². The molecule has 0 saturated heterocycles. The highest BCUT2D eigenvalue weighted by Gasteiger charge is 2.17. The van der Waals surface area contributed by atoms with Crippen LogP contribution in [0.5, 0.6) is 0 Å². The number of hydrogen-bond acceptors (Lipinski definition) is 2. The molecule has 0 aliphatic carbocycles. The van der Waals surface area contributed by atoms with Crippen molar-refractivity contribution >= 4 is 34.3 Å². The smallest absolute Gasteiger partial charge is 0.0838 e. The average Bonchev–Trinajstić information content (AvgIpc) is 2.83. The lowest BCUT2D eigenvalue weighted by atomic mass is 10.0. The van der Waals surface area contributed by atoms with Gasteiger partial charge in [-0.2, -0.15) is 0 Å². The Balaban J connectivity index is 2.08. The standard InChI is InChI=1S/C19H21ClN2S/c1-3-14(21)12-17-16-6-4-5-7-18(16)22(2)19(17)23-15-10-8-13(20)9-11-15/h4-11,14H,3,12,21H2,1-2H3. The quantitative estimate of drug-likeness (QED) is 0.684. The molecule has 2 nitrogen and oxygen atoms in total. The van der Waals surface area contributed by atoms with Crippen molar-refractivity contribution in [2.45, 2.75) is 35.7 Å². The summed E-state index contributed by atoms with van der Waals surface area (Å²) >= 11 is 7.77. The fourth-order valence-corrected chi connectivity index (χ4v) is 3.97. The van der Waals surface area contributed by atoms with Crippen LogP contribution in [0.4, 0.5) is 0 Å². The first-order chi connectivity index (χ1) is 11.1. The van der Waals surface area contributed by atoms with Gasteiger partial charge in [-0.25, -0.2) is 0 Å². The summed E-state index contributed by atoms with van der Waals surface area (Å²) in [4.78, 5) is 1.19. The Morgan fingerprint density at radius 1 is 1.13 bits per heavy atom. The number of halogens is 1. The largest absolute Gasteiger partial charge is 0.338 e. The molecule has 4 heteroatoms. The molecule has 0 aliphatic rings. The highest BCUT2D eigenvalue weighted by molar-refractivity contribution is 7.99. The molecule has 3 aromatic rings. The molecule has 0 radical (unpaired) electrons. The predicted octanol–water partition coefficient (Wildman–Crippen LogP) is 5.26. The Labute approximate surface area is 146 Å². The third kappa shape index (κ3) is 3.42. The number of aryl methyl sites for hydroxylation is 1. The van der Waals surface area contributed by atoms with Crippen molar-refractivity contribution in [1.82, 2.24) is 4.57 Å². The van der Waals surface area contributed by atoms with E-state index in [9.17, 15) is 0 Å². The molecule has 23 heavy (non-hydrogen) atoms. The molecule has 1 atom stereocenters. The lowest BCUT2D eigenvalue weighted by molar-refractivity contribution is 0.638. The van der Waals surface area contributed by atoms with E-state index >= 15 is 0 Å². The Hall–Kier alpha value is -1.42. The zero-order valence-electron chi connectivity index (χ0n) is 13.4. The number of fused-ring (bicyclic) bond motifs is 1. The molecule has 0 saturated carbocycles. The van der Waals surface area contributed by atoms with Crippen molar-refractivity contribution < 1.29 is 0 Å². The highest BCUT2D eigenvalue weighted by atomic mass is 35.5. The zero-order chi connectivity index (χ0) is 16.4. The molecule has 0 aliphatic heterocycles. The van der Waals surface area contributed by atoms with Crippen molar-refractivity contribution in [3.8, 4) is 0 Å². The number of rotatable bonds is 5. The van der Waals surface area contributed by atoms with Gasteiger partial charge in [-0.3, -0.25) is 0 Å². The van der Waals surface area contributed by atoms with Crippen LogP contribution in [0.1, 0.15) is 18.9 Å². The van der Waals surface area contributed by atoms with Gasteiger partial charge in [0.05, 0.1) is 5.03 Å². The van der Waals surface area contributed by atoms with Gasteiger partial charge in [0, 0.05) is 33.9 Å². The topological polar surface area (TPSA) is 30.9 Å². The number of nitrogens with zero attached hydrogens (tertiary/aromatic N) is 1. The van der Waals surface area contributed by atoms with Crippen LogP contribution in [-0.4, -0.2) is 10.6 Å². The summed E-state index contributed by atoms with van der Waals surface area (Å²) in [5.41, 5.74) is 8.85. The van der Waals surface area contributed by atoms with E-state index in [2.05, 4.69) is 54.9 Å². The minimum Gasteiger partial charge on any atom is -0.338 e. The van der Waals surface area contributed by atoms with E-state index < -0.39 is 0 Å². The monoisotopic (exact) mass is 344 g/mol. The molecule has 2 N–H and O–H groups in total. The van der Waals surface area contributed by atoms with Crippen LogP contribution in [0, 0.1) is 0 Å². The van der Waals surface area contributed by atoms with Crippen molar-refractivity contribution in [3.63, 3.8) is 0 Å². The summed E-state index contributed by atoms with van der Waals surface area (Å²) in [5, 5.41) is 3.33. The summed E-state index contributed by atoms with van der Waals surface area (Å²) in [6.45, 7) is 2.14. The van der Waals surface area contributed by atoms with Crippen LogP contribution in [0.3, 0.4) is 0 Å².